The lowest BCUT2D eigenvalue weighted by molar-refractivity contribution is -0.120. The molecule has 0 radical (unpaired) electrons. The molecule has 0 spiro atoms. The van der Waals surface area contributed by atoms with Crippen LogP contribution in [0.2, 0.25) is 0 Å². The van der Waals surface area contributed by atoms with Crippen molar-refractivity contribution in [1.82, 2.24) is 20.0 Å². The fourth-order valence-corrected chi connectivity index (χ4v) is 3.49. The molecule has 2 N–H and O–H groups in total. The molecule has 3 aromatic rings. The first kappa shape index (κ1) is 21.2. The van der Waals surface area contributed by atoms with Crippen molar-refractivity contribution in [3.8, 4) is 0 Å². The summed E-state index contributed by atoms with van der Waals surface area (Å²) in [5, 5.41) is 10.2. The Hall–Kier alpha value is -4.08. The van der Waals surface area contributed by atoms with Gasteiger partial charge < -0.3 is 24.9 Å². The van der Waals surface area contributed by atoms with E-state index in [1.165, 1.54) is 6.26 Å². The first-order valence-corrected chi connectivity index (χ1v) is 10.2. The Bertz CT molecular complexity index is 1100. The molecule has 1 aliphatic rings. The maximum Gasteiger partial charge on any atom is 0.291 e. The third-order valence-corrected chi connectivity index (χ3v) is 5.14. The first-order chi connectivity index (χ1) is 15.5. The molecule has 10 nitrogen and oxygen atoms in total. The summed E-state index contributed by atoms with van der Waals surface area (Å²) >= 11 is 0. The number of anilines is 2. The number of hydrogen-bond acceptors (Lipinski definition) is 5. The summed E-state index contributed by atoms with van der Waals surface area (Å²) in [5.41, 5.74) is 2.50. The van der Waals surface area contributed by atoms with E-state index in [9.17, 15) is 9.59 Å². The smallest absolute Gasteiger partial charge is 0.291 e. The van der Waals surface area contributed by atoms with Crippen LogP contribution in [-0.2, 0) is 18.4 Å². The third-order valence-electron chi connectivity index (χ3n) is 5.14. The molecule has 1 aromatic carbocycles. The van der Waals surface area contributed by atoms with E-state index < -0.39 is 0 Å². The highest BCUT2D eigenvalue weighted by molar-refractivity contribution is 6.02. The highest BCUT2D eigenvalue weighted by atomic mass is 16.3. The summed E-state index contributed by atoms with van der Waals surface area (Å²) in [6, 6.07) is 10.8. The van der Waals surface area contributed by atoms with Crippen molar-refractivity contribution < 1.29 is 14.0 Å². The van der Waals surface area contributed by atoms with Gasteiger partial charge in [-0.1, -0.05) is 12.1 Å². The highest BCUT2D eigenvalue weighted by Crippen LogP contribution is 2.16. The fraction of sp³-hybridized carbons (Fsp3) is 0.273. The standard InChI is InChI=1S/C22H25N7O3/c1-23-22(28-9-10-29(20(30)15-28)18-13-25-27(2)14-18)24-12-16-5-7-17(8-6-16)26-21(31)19-4-3-11-32-19/h3-8,11,13-14H,9-10,12,15H2,1-2H3,(H,23,24)(H,26,31). The number of nitrogens with zero attached hydrogens (tertiary/aromatic N) is 5. The summed E-state index contributed by atoms with van der Waals surface area (Å²) in [5.74, 6) is 0.636. The molecule has 4 rings (SSSR count). The number of furan rings is 1. The van der Waals surface area contributed by atoms with E-state index in [4.69, 9.17) is 4.42 Å². The quantitative estimate of drug-likeness (QED) is 0.466. The number of piperazine rings is 1. The van der Waals surface area contributed by atoms with Crippen molar-refractivity contribution in [2.24, 2.45) is 12.0 Å². The average molecular weight is 435 g/mol. The van der Waals surface area contributed by atoms with Crippen molar-refractivity contribution in [3.05, 3.63) is 66.4 Å². The summed E-state index contributed by atoms with van der Waals surface area (Å²) in [6.45, 7) is 2.01. The molecule has 0 saturated carbocycles. The topological polar surface area (TPSA) is 108 Å². The molecule has 1 saturated heterocycles. The van der Waals surface area contributed by atoms with Gasteiger partial charge >= 0.3 is 0 Å². The zero-order chi connectivity index (χ0) is 22.5. The van der Waals surface area contributed by atoms with E-state index >= 15 is 0 Å². The predicted octanol–water partition coefficient (Wildman–Crippen LogP) is 1.69. The molecule has 0 aliphatic carbocycles. The van der Waals surface area contributed by atoms with Crippen LogP contribution in [0.15, 0.2) is 64.5 Å². The number of aliphatic imine (C=N–C) groups is 1. The molecule has 2 aromatic heterocycles. The second kappa shape index (κ2) is 9.38. The van der Waals surface area contributed by atoms with Crippen molar-refractivity contribution >= 4 is 29.1 Å². The zero-order valence-corrected chi connectivity index (χ0v) is 18.0. The molecule has 0 unspecified atom stereocenters. The Labute approximate surface area is 185 Å². The lowest BCUT2D eigenvalue weighted by Crippen LogP contribution is -2.55. The van der Waals surface area contributed by atoms with E-state index in [1.807, 2.05) is 42.4 Å². The molecule has 1 aliphatic heterocycles. The number of carbonyl (C=O) groups is 2. The number of aromatic nitrogens is 2. The SMILES string of the molecule is CN=C(NCc1ccc(NC(=O)c2ccco2)cc1)N1CCN(c2cnn(C)c2)C(=O)C1. The van der Waals surface area contributed by atoms with Crippen LogP contribution >= 0.6 is 0 Å². The molecule has 0 atom stereocenters. The molecule has 1 fully saturated rings. The predicted molar refractivity (Wildman–Crippen MR) is 120 cm³/mol. The molecule has 166 valence electrons. The zero-order valence-electron chi connectivity index (χ0n) is 18.0. The molecule has 10 heteroatoms. The Kier molecular flexibility index (Phi) is 6.20. The number of amides is 2. The Balaban J connectivity index is 1.30. The van der Waals surface area contributed by atoms with Crippen LogP contribution in [0.4, 0.5) is 11.4 Å². The summed E-state index contributed by atoms with van der Waals surface area (Å²) < 4.78 is 6.78. The Morgan fingerprint density at radius 1 is 1.22 bits per heavy atom. The minimum absolute atomic E-state index is 0.00357. The molecule has 3 heterocycles. The molecule has 2 amide bonds. The normalized spacial score (nSPS) is 14.6. The number of carbonyl (C=O) groups excluding carboxylic acids is 2. The fourth-order valence-electron chi connectivity index (χ4n) is 3.49. The van der Waals surface area contributed by atoms with E-state index in [0.29, 0.717) is 31.3 Å². The third kappa shape index (κ3) is 4.80. The highest BCUT2D eigenvalue weighted by Gasteiger charge is 2.27. The van der Waals surface area contributed by atoms with Crippen molar-refractivity contribution in [2.45, 2.75) is 6.54 Å². The van der Waals surface area contributed by atoms with Crippen LogP contribution in [-0.4, -0.2) is 59.1 Å². The van der Waals surface area contributed by atoms with Crippen LogP contribution < -0.4 is 15.5 Å². The maximum absolute atomic E-state index is 12.6. The van der Waals surface area contributed by atoms with Crippen LogP contribution in [0, 0.1) is 0 Å². The molecular formula is C22H25N7O3. The van der Waals surface area contributed by atoms with Gasteiger partial charge in [0.25, 0.3) is 5.91 Å². The monoisotopic (exact) mass is 435 g/mol. The van der Waals surface area contributed by atoms with E-state index in [1.54, 1.807) is 35.0 Å². The molecular weight excluding hydrogens is 410 g/mol. The van der Waals surface area contributed by atoms with Gasteiger partial charge in [-0.25, -0.2) is 0 Å². The lowest BCUT2D eigenvalue weighted by atomic mass is 10.2. The summed E-state index contributed by atoms with van der Waals surface area (Å²) in [6.07, 6.45) is 4.99. The Morgan fingerprint density at radius 3 is 2.66 bits per heavy atom. The van der Waals surface area contributed by atoms with Gasteiger partial charge in [0.2, 0.25) is 5.91 Å². The molecule has 32 heavy (non-hydrogen) atoms. The minimum Gasteiger partial charge on any atom is -0.459 e. The second-order valence-corrected chi connectivity index (χ2v) is 7.37. The maximum atomic E-state index is 12.6. The van der Waals surface area contributed by atoms with Gasteiger partial charge in [-0.05, 0) is 29.8 Å². The van der Waals surface area contributed by atoms with Gasteiger partial charge in [0.15, 0.2) is 11.7 Å². The van der Waals surface area contributed by atoms with Crippen molar-refractivity contribution in [1.29, 1.82) is 0 Å². The second-order valence-electron chi connectivity index (χ2n) is 7.37. The van der Waals surface area contributed by atoms with Gasteiger partial charge in [-0.15, -0.1) is 0 Å². The van der Waals surface area contributed by atoms with Gasteiger partial charge in [0.1, 0.15) is 6.54 Å². The minimum atomic E-state index is -0.295. The first-order valence-electron chi connectivity index (χ1n) is 10.2. The number of benzene rings is 1. The van der Waals surface area contributed by atoms with Crippen LogP contribution in [0.25, 0.3) is 0 Å². The number of rotatable bonds is 5. The van der Waals surface area contributed by atoms with Gasteiger partial charge in [-0.2, -0.15) is 5.10 Å². The number of guanidine groups is 1. The van der Waals surface area contributed by atoms with Crippen LogP contribution in [0.3, 0.4) is 0 Å². The number of hydrogen-bond donors (Lipinski definition) is 2. The van der Waals surface area contributed by atoms with Crippen molar-refractivity contribution in [2.75, 3.05) is 36.9 Å². The van der Waals surface area contributed by atoms with E-state index in [0.717, 1.165) is 11.3 Å². The molecule has 0 bridgehead atoms. The van der Waals surface area contributed by atoms with E-state index in [-0.39, 0.29) is 24.1 Å². The van der Waals surface area contributed by atoms with Crippen LogP contribution in [0.5, 0.6) is 0 Å². The van der Waals surface area contributed by atoms with Gasteiger partial charge in [-0.3, -0.25) is 19.3 Å². The number of aryl methyl sites for hydroxylation is 1. The summed E-state index contributed by atoms with van der Waals surface area (Å²) in [4.78, 5) is 32.7. The Morgan fingerprint density at radius 2 is 2.03 bits per heavy atom. The van der Waals surface area contributed by atoms with Crippen LogP contribution in [0.1, 0.15) is 16.1 Å². The van der Waals surface area contributed by atoms with Gasteiger partial charge in [0.05, 0.1) is 18.1 Å². The average Bonchev–Trinajstić information content (AvgIpc) is 3.48. The van der Waals surface area contributed by atoms with E-state index in [2.05, 4.69) is 20.7 Å². The lowest BCUT2D eigenvalue weighted by Gasteiger charge is -2.35. The summed E-state index contributed by atoms with van der Waals surface area (Å²) in [7, 11) is 3.53. The largest absolute Gasteiger partial charge is 0.459 e. The number of nitrogens with one attached hydrogen (secondary N) is 2. The van der Waals surface area contributed by atoms with Gasteiger partial charge in [0, 0.05) is 45.6 Å². The van der Waals surface area contributed by atoms with Crippen molar-refractivity contribution in [3.63, 3.8) is 0 Å².